The molecular formula is C67H49NO. The Balaban J connectivity index is 0.989. The number of nitrogens with zero attached hydrogens (tertiary/aromatic N) is 1. The van der Waals surface area contributed by atoms with Crippen LogP contribution >= 0.6 is 0 Å². The average molecular weight is 884 g/mol. The van der Waals surface area contributed by atoms with Crippen LogP contribution in [0.15, 0.2) is 229 Å². The second-order valence-electron chi connectivity index (χ2n) is 20.4. The maximum atomic E-state index is 6.56. The number of benzene rings is 10. The van der Waals surface area contributed by atoms with E-state index in [4.69, 9.17) is 4.42 Å². The van der Waals surface area contributed by atoms with Crippen molar-refractivity contribution in [1.29, 1.82) is 0 Å². The highest BCUT2D eigenvalue weighted by Gasteiger charge is 2.47. The van der Waals surface area contributed by atoms with E-state index in [1.54, 1.807) is 0 Å². The first-order chi connectivity index (χ1) is 33.7. The zero-order valence-electron chi connectivity index (χ0n) is 39.2. The van der Waals surface area contributed by atoms with Crippen molar-refractivity contribution in [3.05, 3.63) is 269 Å². The minimum atomic E-state index is -0.609. The number of fused-ring (bicyclic) bond motifs is 12. The Morgan fingerprint density at radius 2 is 0.754 bits per heavy atom. The van der Waals surface area contributed by atoms with Gasteiger partial charge in [0.05, 0.1) is 5.41 Å². The van der Waals surface area contributed by atoms with E-state index in [1.807, 2.05) is 6.07 Å². The first-order valence-corrected chi connectivity index (χ1v) is 24.3. The van der Waals surface area contributed by atoms with Crippen molar-refractivity contribution in [2.75, 3.05) is 4.90 Å². The Morgan fingerprint density at radius 3 is 1.36 bits per heavy atom. The van der Waals surface area contributed by atoms with E-state index in [-0.39, 0.29) is 10.8 Å². The van der Waals surface area contributed by atoms with Gasteiger partial charge >= 0.3 is 0 Å². The number of rotatable bonds is 6. The van der Waals surface area contributed by atoms with Crippen LogP contribution in [0.2, 0.25) is 0 Å². The molecule has 2 heteroatoms. The molecule has 2 nitrogen and oxygen atoms in total. The van der Waals surface area contributed by atoms with Gasteiger partial charge in [0.15, 0.2) is 0 Å². The summed E-state index contributed by atoms with van der Waals surface area (Å²) in [6, 6.07) is 83.9. The molecule has 0 bridgehead atoms. The summed E-state index contributed by atoms with van der Waals surface area (Å²) in [4.78, 5) is 2.52. The third-order valence-corrected chi connectivity index (χ3v) is 16.2. The van der Waals surface area contributed by atoms with Crippen molar-refractivity contribution >= 4 is 39.0 Å². The lowest BCUT2D eigenvalue weighted by atomic mass is 9.67. The van der Waals surface area contributed by atoms with Crippen molar-refractivity contribution in [1.82, 2.24) is 0 Å². The quantitative estimate of drug-likeness (QED) is 0.165. The standard InChI is InChI=1S/C67H49NO/c1-65(2)57-25-12-8-19-49(57)52-36-33-45(39-60(52)65)68(46-34-37-53-50-20-9-13-26-58(50)66(3,4)61(53)40-46)47-35-38-54-51-21-10-14-27-59(51)67(62(54)41-47,43-17-6-5-7-18-43)44-31-29-42(30-32-44)48-23-16-24-56-55-22-11-15-28-63(55)69-64(48)56/h5-41H,1-4H3. The molecule has 3 aliphatic carbocycles. The highest BCUT2D eigenvalue weighted by atomic mass is 16.3. The maximum absolute atomic E-state index is 6.56. The lowest BCUT2D eigenvalue weighted by Crippen LogP contribution is -2.28. The van der Waals surface area contributed by atoms with Gasteiger partial charge in [-0.25, -0.2) is 0 Å². The Kier molecular flexibility index (Phi) is 8.33. The molecule has 69 heavy (non-hydrogen) atoms. The first-order valence-electron chi connectivity index (χ1n) is 24.3. The summed E-state index contributed by atoms with van der Waals surface area (Å²) in [6.45, 7) is 9.52. The largest absolute Gasteiger partial charge is 0.455 e. The molecule has 3 aliphatic rings. The summed E-state index contributed by atoms with van der Waals surface area (Å²) < 4.78 is 6.56. The monoisotopic (exact) mass is 883 g/mol. The molecule has 0 N–H and O–H groups in total. The number of furan rings is 1. The van der Waals surface area contributed by atoms with E-state index in [9.17, 15) is 0 Å². The van der Waals surface area contributed by atoms with Gasteiger partial charge in [-0.3, -0.25) is 0 Å². The molecule has 0 fully saturated rings. The molecule has 0 spiro atoms. The van der Waals surface area contributed by atoms with Crippen molar-refractivity contribution < 1.29 is 4.42 Å². The smallest absolute Gasteiger partial charge is 0.143 e. The van der Waals surface area contributed by atoms with Gasteiger partial charge in [-0.15, -0.1) is 0 Å². The maximum Gasteiger partial charge on any atom is 0.143 e. The molecule has 10 aromatic carbocycles. The van der Waals surface area contributed by atoms with Crippen LogP contribution < -0.4 is 4.90 Å². The van der Waals surface area contributed by atoms with Crippen molar-refractivity contribution in [3.63, 3.8) is 0 Å². The van der Waals surface area contributed by atoms with Crippen LogP contribution in [0.4, 0.5) is 17.1 Å². The van der Waals surface area contributed by atoms with Crippen LogP contribution in [-0.2, 0) is 16.2 Å². The zero-order valence-corrected chi connectivity index (χ0v) is 39.2. The minimum absolute atomic E-state index is 0.153. The van der Waals surface area contributed by atoms with Crippen molar-refractivity contribution in [3.8, 4) is 44.5 Å². The van der Waals surface area contributed by atoms with Crippen LogP contribution in [-0.4, -0.2) is 0 Å². The molecule has 0 amide bonds. The summed E-state index contributed by atoms with van der Waals surface area (Å²) in [5, 5.41) is 2.28. The molecule has 14 rings (SSSR count). The fourth-order valence-corrected chi connectivity index (χ4v) is 12.9. The molecule has 1 aromatic heterocycles. The fourth-order valence-electron chi connectivity index (χ4n) is 12.9. The molecule has 1 heterocycles. The predicted molar refractivity (Wildman–Crippen MR) is 286 cm³/mol. The van der Waals surface area contributed by atoms with Crippen molar-refractivity contribution in [2.24, 2.45) is 0 Å². The summed E-state index contributed by atoms with van der Waals surface area (Å²) in [5.41, 5.74) is 24.8. The summed E-state index contributed by atoms with van der Waals surface area (Å²) in [6.07, 6.45) is 0. The molecule has 328 valence electrons. The molecule has 0 aliphatic heterocycles. The molecular weight excluding hydrogens is 835 g/mol. The second kappa shape index (κ2) is 14.4. The van der Waals surface area contributed by atoms with Crippen LogP contribution in [0, 0.1) is 0 Å². The third-order valence-electron chi connectivity index (χ3n) is 16.2. The molecule has 0 radical (unpaired) electrons. The lowest BCUT2D eigenvalue weighted by Gasteiger charge is -2.35. The SMILES string of the molecule is CC1(C)c2ccccc2-c2ccc(N(c3ccc4c(c3)C(C)(C)c3ccccc3-4)c3ccc4c(c3)C(c3ccccc3)(c3ccc(-c5cccc6c5oc5ccccc56)cc3)c3ccccc3-4)cc21. The van der Waals surface area contributed by atoms with Crippen molar-refractivity contribution in [2.45, 2.75) is 43.9 Å². The zero-order chi connectivity index (χ0) is 46.2. The summed E-state index contributed by atoms with van der Waals surface area (Å²) in [5.74, 6) is 0. The van der Waals surface area contributed by atoms with Crippen LogP contribution in [0.5, 0.6) is 0 Å². The fraction of sp³-hybridized carbons (Fsp3) is 0.104. The first kappa shape index (κ1) is 39.9. The van der Waals surface area contributed by atoms with E-state index in [2.05, 4.69) is 251 Å². The average Bonchev–Trinajstić information content (AvgIpc) is 4.06. The Morgan fingerprint density at radius 1 is 0.319 bits per heavy atom. The van der Waals surface area contributed by atoms with E-state index >= 15 is 0 Å². The normalized spacial score (nSPS) is 16.4. The molecule has 11 aromatic rings. The Hall–Kier alpha value is -8.20. The van der Waals surface area contributed by atoms with Gasteiger partial charge in [0.2, 0.25) is 0 Å². The second-order valence-corrected chi connectivity index (χ2v) is 20.4. The summed E-state index contributed by atoms with van der Waals surface area (Å²) >= 11 is 0. The highest BCUT2D eigenvalue weighted by molar-refractivity contribution is 6.09. The molecule has 0 saturated carbocycles. The van der Waals surface area contributed by atoms with Gasteiger partial charge in [0, 0.05) is 44.2 Å². The molecule has 1 unspecified atom stereocenters. The Bertz CT molecular complexity index is 3800. The predicted octanol–water partition coefficient (Wildman–Crippen LogP) is 17.7. The topological polar surface area (TPSA) is 16.4 Å². The number of hydrogen-bond donors (Lipinski definition) is 0. The van der Waals surface area contributed by atoms with E-state index in [0.717, 1.165) is 50.1 Å². The van der Waals surface area contributed by atoms with Crippen LogP contribution in [0.3, 0.4) is 0 Å². The lowest BCUT2D eigenvalue weighted by molar-refractivity contribution is 0.660. The molecule has 0 saturated heterocycles. The van der Waals surface area contributed by atoms with Crippen LogP contribution in [0.25, 0.3) is 66.4 Å². The van der Waals surface area contributed by atoms with Gasteiger partial charge in [-0.2, -0.15) is 0 Å². The van der Waals surface area contributed by atoms with E-state index < -0.39 is 5.41 Å². The van der Waals surface area contributed by atoms with Crippen LogP contribution in [0.1, 0.15) is 72.2 Å². The van der Waals surface area contributed by atoms with Gasteiger partial charge in [-0.05, 0) is 126 Å². The van der Waals surface area contributed by atoms with Gasteiger partial charge in [0.1, 0.15) is 11.2 Å². The van der Waals surface area contributed by atoms with Gasteiger partial charge in [0.25, 0.3) is 0 Å². The summed E-state index contributed by atoms with van der Waals surface area (Å²) in [7, 11) is 0. The highest BCUT2D eigenvalue weighted by Crippen LogP contribution is 2.59. The minimum Gasteiger partial charge on any atom is -0.455 e. The molecule has 1 atom stereocenters. The van der Waals surface area contributed by atoms with Gasteiger partial charge < -0.3 is 9.32 Å². The van der Waals surface area contributed by atoms with Gasteiger partial charge in [-0.1, -0.05) is 210 Å². The third kappa shape index (κ3) is 5.49. The number of hydrogen-bond acceptors (Lipinski definition) is 2. The Labute approximate surface area is 403 Å². The van der Waals surface area contributed by atoms with E-state index in [1.165, 1.54) is 77.9 Å². The number of anilines is 3. The van der Waals surface area contributed by atoms with E-state index in [0.29, 0.717) is 0 Å². The number of para-hydroxylation sites is 2.